The first-order valence-electron chi connectivity index (χ1n) is 12.8. The van der Waals surface area contributed by atoms with Crippen LogP contribution in [-0.2, 0) is 16.0 Å². The zero-order valence-electron chi connectivity index (χ0n) is 21.8. The van der Waals surface area contributed by atoms with E-state index in [1.165, 1.54) is 11.0 Å². The predicted molar refractivity (Wildman–Crippen MR) is 137 cm³/mol. The van der Waals surface area contributed by atoms with Crippen LogP contribution in [0.3, 0.4) is 0 Å². The minimum absolute atomic E-state index is 0.0541. The van der Waals surface area contributed by atoms with Crippen molar-refractivity contribution in [1.82, 2.24) is 15.1 Å². The lowest BCUT2D eigenvalue weighted by Crippen LogP contribution is -2.49. The van der Waals surface area contributed by atoms with E-state index in [-0.39, 0.29) is 31.5 Å². The fraction of sp³-hybridized carbons (Fsp3) is 0.577. The largest absolute Gasteiger partial charge is 0.475 e. The number of hydrogen-bond acceptors (Lipinski definition) is 7. The predicted octanol–water partition coefficient (Wildman–Crippen LogP) is 2.29. The zero-order valence-corrected chi connectivity index (χ0v) is 21.8. The quantitative estimate of drug-likeness (QED) is 0.267. The second-order valence-electron chi connectivity index (χ2n) is 10.5. The number of nitriles is 1. The van der Waals surface area contributed by atoms with Crippen molar-refractivity contribution in [2.24, 2.45) is 0 Å². The van der Waals surface area contributed by atoms with Crippen LogP contribution in [-0.4, -0.2) is 88.7 Å². The number of ether oxygens (including phenoxy) is 1. The molecule has 2 aliphatic rings. The Hall–Kier alpha value is -3.01. The monoisotopic (exact) mass is 532 g/mol. The second kappa shape index (κ2) is 12.7. The van der Waals surface area contributed by atoms with Crippen LogP contribution in [0.15, 0.2) is 42.0 Å². The Bertz CT molecular complexity index is 1050. The van der Waals surface area contributed by atoms with Crippen LogP contribution in [0.2, 0.25) is 0 Å². The molecule has 0 bridgehead atoms. The van der Waals surface area contributed by atoms with E-state index in [1.807, 2.05) is 12.1 Å². The van der Waals surface area contributed by atoms with E-state index in [2.05, 4.69) is 5.32 Å². The lowest BCUT2D eigenvalue weighted by molar-refractivity contribution is -0.127. The Morgan fingerprint density at radius 1 is 1.29 bits per heavy atom. The molecule has 2 amide bonds. The molecular formula is C26H35BF2N4O5. The molecule has 3 N–H and O–H groups in total. The van der Waals surface area contributed by atoms with Gasteiger partial charge in [-0.3, -0.25) is 9.69 Å². The molecule has 2 saturated heterocycles. The maximum atomic E-state index is 13.7. The van der Waals surface area contributed by atoms with Gasteiger partial charge in [0.25, 0.3) is 11.8 Å². The zero-order chi connectivity index (χ0) is 27.9. The first kappa shape index (κ1) is 29.5. The smallest absolute Gasteiger partial charge is 0.444 e. The molecule has 2 fully saturated rings. The summed E-state index contributed by atoms with van der Waals surface area (Å²) >= 11 is 0. The van der Waals surface area contributed by atoms with Crippen molar-refractivity contribution in [2.75, 3.05) is 26.2 Å². The highest BCUT2D eigenvalue weighted by Gasteiger charge is 2.43. The number of benzene rings is 1. The van der Waals surface area contributed by atoms with Crippen molar-refractivity contribution >= 4 is 19.1 Å². The molecule has 38 heavy (non-hydrogen) atoms. The average Bonchev–Trinajstić information content (AvgIpc) is 3.08. The van der Waals surface area contributed by atoms with Gasteiger partial charge in [0.1, 0.15) is 17.7 Å². The number of amides is 2. The third-order valence-corrected chi connectivity index (χ3v) is 6.98. The fourth-order valence-corrected chi connectivity index (χ4v) is 4.80. The number of nitrogens with zero attached hydrogens (tertiary/aromatic N) is 3. The molecule has 0 spiro atoms. The molecule has 0 aromatic heterocycles. The maximum absolute atomic E-state index is 13.7. The lowest BCUT2D eigenvalue weighted by atomic mass is 9.76. The Morgan fingerprint density at radius 3 is 2.61 bits per heavy atom. The molecule has 1 aromatic carbocycles. The number of alkyl halides is 2. The number of halogens is 2. The van der Waals surface area contributed by atoms with Crippen LogP contribution in [0.25, 0.3) is 0 Å². The molecule has 206 valence electrons. The van der Waals surface area contributed by atoms with E-state index in [0.717, 1.165) is 5.56 Å². The molecule has 12 heteroatoms. The summed E-state index contributed by atoms with van der Waals surface area (Å²) in [6.45, 7) is 3.52. The van der Waals surface area contributed by atoms with Gasteiger partial charge >= 0.3 is 13.2 Å². The Morgan fingerprint density at radius 2 is 2.00 bits per heavy atom. The summed E-state index contributed by atoms with van der Waals surface area (Å²) < 4.78 is 33.0. The van der Waals surface area contributed by atoms with Crippen LogP contribution >= 0.6 is 0 Å². The molecule has 1 aromatic rings. The Balaban J connectivity index is 1.63. The van der Waals surface area contributed by atoms with Crippen molar-refractivity contribution in [3.8, 4) is 6.07 Å². The van der Waals surface area contributed by atoms with E-state index >= 15 is 0 Å². The summed E-state index contributed by atoms with van der Waals surface area (Å²) in [5, 5.41) is 31.7. The highest BCUT2D eigenvalue weighted by molar-refractivity contribution is 6.43. The van der Waals surface area contributed by atoms with Crippen LogP contribution in [0.1, 0.15) is 45.1 Å². The number of hydrogen-bond donors (Lipinski definition) is 3. The first-order chi connectivity index (χ1) is 17.9. The number of alkyl carbamates (subject to hydrolysis) is 1. The van der Waals surface area contributed by atoms with Gasteiger partial charge in [0.2, 0.25) is 0 Å². The third-order valence-electron chi connectivity index (χ3n) is 6.98. The molecule has 0 aliphatic carbocycles. The first-order valence-corrected chi connectivity index (χ1v) is 12.8. The van der Waals surface area contributed by atoms with Gasteiger partial charge in [-0.05, 0) is 51.2 Å². The highest BCUT2D eigenvalue weighted by Crippen LogP contribution is 2.33. The van der Waals surface area contributed by atoms with Crippen molar-refractivity contribution in [3.05, 3.63) is 47.5 Å². The van der Waals surface area contributed by atoms with Gasteiger partial charge in [-0.25, -0.2) is 13.6 Å². The Kier molecular flexibility index (Phi) is 9.87. The third kappa shape index (κ3) is 8.25. The number of carbonyl (C=O) groups is 2. The van der Waals surface area contributed by atoms with E-state index in [4.69, 9.17) is 4.74 Å². The van der Waals surface area contributed by atoms with E-state index in [9.17, 15) is 33.7 Å². The molecule has 0 radical (unpaired) electrons. The Labute approximate surface area is 222 Å². The topological polar surface area (TPSA) is 126 Å². The summed E-state index contributed by atoms with van der Waals surface area (Å²) in [7, 11) is -1.81. The average molecular weight is 532 g/mol. The summed E-state index contributed by atoms with van der Waals surface area (Å²) in [4.78, 5) is 28.8. The van der Waals surface area contributed by atoms with Crippen molar-refractivity contribution in [3.63, 3.8) is 0 Å². The molecule has 0 unspecified atom stereocenters. The molecule has 2 atom stereocenters. The van der Waals surface area contributed by atoms with Crippen molar-refractivity contribution in [2.45, 2.75) is 69.5 Å². The SMILES string of the molecule is CC(C)(C=C(C#N)C(=O)N1CCCC[C@@H](OC(=O)N[C@@H](Cc2ccccc2)B(O)O)C1)N1CCC(F)(F)C1. The van der Waals surface area contributed by atoms with Crippen LogP contribution in [0.4, 0.5) is 13.6 Å². The molecule has 3 rings (SSSR count). The minimum atomic E-state index is -2.80. The summed E-state index contributed by atoms with van der Waals surface area (Å²) in [5.41, 5.74) is -0.281. The molecule has 2 heterocycles. The summed E-state index contributed by atoms with van der Waals surface area (Å²) in [5.74, 6) is -4.35. The second-order valence-corrected chi connectivity index (χ2v) is 10.5. The standard InChI is InChI=1S/C26H35BF2N4O5/c1-25(2,33-13-11-26(28,29)18-33)15-20(16-30)23(34)32-12-7-6-10-21(17-32)38-24(35)31-22(27(36)37)14-19-8-4-3-5-9-19/h3-5,8-9,15,21-22,36-37H,6-7,10-14,17-18H2,1-2H3,(H,31,35)/t21-,22+/m1/s1. The van der Waals surface area contributed by atoms with Gasteiger partial charge in [-0.1, -0.05) is 30.3 Å². The van der Waals surface area contributed by atoms with Gasteiger partial charge in [-0.15, -0.1) is 0 Å². The van der Waals surface area contributed by atoms with E-state index in [1.54, 1.807) is 43.0 Å². The molecule has 2 aliphatic heterocycles. The van der Waals surface area contributed by atoms with Crippen LogP contribution in [0, 0.1) is 11.3 Å². The van der Waals surface area contributed by atoms with Crippen LogP contribution < -0.4 is 5.32 Å². The minimum Gasteiger partial charge on any atom is -0.444 e. The van der Waals surface area contributed by atoms with Crippen molar-refractivity contribution < 1.29 is 33.2 Å². The molecule has 0 saturated carbocycles. The summed E-state index contributed by atoms with van der Waals surface area (Å²) in [6.07, 6.45) is 1.64. The van der Waals surface area contributed by atoms with Crippen molar-refractivity contribution in [1.29, 1.82) is 5.26 Å². The number of likely N-dealkylation sites (tertiary alicyclic amines) is 2. The molecule has 9 nitrogen and oxygen atoms in total. The highest BCUT2D eigenvalue weighted by atomic mass is 19.3. The van der Waals surface area contributed by atoms with Crippen LogP contribution in [0.5, 0.6) is 0 Å². The fourth-order valence-electron chi connectivity index (χ4n) is 4.80. The number of rotatable bonds is 8. The number of nitrogens with one attached hydrogen (secondary N) is 1. The lowest BCUT2D eigenvalue weighted by Gasteiger charge is -2.33. The number of carbonyl (C=O) groups excluding carboxylic acids is 2. The normalized spacial score (nSPS) is 21.2. The van der Waals surface area contributed by atoms with Gasteiger partial charge in [0.15, 0.2) is 0 Å². The molecular weight excluding hydrogens is 497 g/mol. The van der Waals surface area contributed by atoms with Gasteiger partial charge in [0, 0.05) is 25.0 Å². The van der Waals surface area contributed by atoms with E-state index in [0.29, 0.717) is 25.8 Å². The maximum Gasteiger partial charge on any atom is 0.475 e. The van der Waals surface area contributed by atoms with Gasteiger partial charge in [-0.2, -0.15) is 5.26 Å². The van der Waals surface area contributed by atoms with E-state index < -0.39 is 49.2 Å². The van der Waals surface area contributed by atoms with Gasteiger partial charge in [0.05, 0.1) is 19.0 Å². The summed E-state index contributed by atoms with van der Waals surface area (Å²) in [6, 6.07) is 10.9. The van der Waals surface area contributed by atoms with Gasteiger partial charge < -0.3 is 25.0 Å².